The van der Waals surface area contributed by atoms with Crippen LogP contribution in [0.2, 0.25) is 0 Å². The van der Waals surface area contributed by atoms with Gasteiger partial charge in [0.1, 0.15) is 0 Å². The maximum Gasteiger partial charge on any atom is 0.0602 e. The minimum Gasteiger partial charge on any atom is -0.369 e. The number of hydrogen-bond acceptors (Lipinski definition) is 5. The summed E-state index contributed by atoms with van der Waals surface area (Å²) in [5, 5.41) is 0. The molecule has 2 heterocycles. The number of likely N-dealkylation sites (N-methyl/N-ethyl adjacent to an activating group) is 1. The van der Waals surface area contributed by atoms with Crippen LogP contribution < -0.4 is 4.90 Å². The Kier molecular flexibility index (Phi) is 6.36. The summed E-state index contributed by atoms with van der Waals surface area (Å²) >= 11 is 0. The van der Waals surface area contributed by atoms with Gasteiger partial charge in [0.25, 0.3) is 0 Å². The van der Waals surface area contributed by atoms with Gasteiger partial charge < -0.3 is 9.80 Å². The zero-order chi connectivity index (χ0) is 17.5. The SMILES string of the molecule is CC(Cc1cnccn1)N(C)CCN1CCN(c2ccccc2)CC1. The summed E-state index contributed by atoms with van der Waals surface area (Å²) in [4.78, 5) is 16.0. The third-order valence-electron chi connectivity index (χ3n) is 5.14. The number of rotatable bonds is 7. The van der Waals surface area contributed by atoms with Crippen LogP contribution >= 0.6 is 0 Å². The van der Waals surface area contributed by atoms with Gasteiger partial charge in [0.15, 0.2) is 0 Å². The lowest BCUT2D eigenvalue weighted by atomic mass is 10.1. The molecule has 1 aliphatic rings. The van der Waals surface area contributed by atoms with Gasteiger partial charge in [-0.3, -0.25) is 14.9 Å². The van der Waals surface area contributed by atoms with Crippen molar-refractivity contribution in [2.24, 2.45) is 0 Å². The van der Waals surface area contributed by atoms with E-state index in [-0.39, 0.29) is 0 Å². The van der Waals surface area contributed by atoms with Crippen LogP contribution in [0.3, 0.4) is 0 Å². The molecule has 0 bridgehead atoms. The van der Waals surface area contributed by atoms with E-state index in [9.17, 15) is 0 Å². The fourth-order valence-corrected chi connectivity index (χ4v) is 3.28. The molecular formula is C20H29N5. The Morgan fingerprint density at radius 1 is 1.08 bits per heavy atom. The number of anilines is 1. The second-order valence-electron chi connectivity index (χ2n) is 6.89. The topological polar surface area (TPSA) is 35.5 Å². The second-order valence-corrected chi connectivity index (χ2v) is 6.89. The van der Waals surface area contributed by atoms with Crippen LogP contribution in [0.5, 0.6) is 0 Å². The van der Waals surface area contributed by atoms with Crippen LogP contribution in [0.4, 0.5) is 5.69 Å². The molecule has 1 atom stereocenters. The van der Waals surface area contributed by atoms with Crippen molar-refractivity contribution in [3.05, 3.63) is 54.6 Å². The normalized spacial score (nSPS) is 17.0. The molecule has 5 heteroatoms. The Morgan fingerprint density at radius 2 is 1.84 bits per heavy atom. The van der Waals surface area contributed by atoms with E-state index in [2.05, 4.69) is 69.0 Å². The highest BCUT2D eigenvalue weighted by Gasteiger charge is 2.18. The Labute approximate surface area is 151 Å². The van der Waals surface area contributed by atoms with Gasteiger partial charge in [-0.25, -0.2) is 0 Å². The first-order chi connectivity index (χ1) is 12.2. The molecule has 0 saturated carbocycles. The molecule has 1 aromatic carbocycles. The van der Waals surface area contributed by atoms with E-state index >= 15 is 0 Å². The first-order valence-corrected chi connectivity index (χ1v) is 9.20. The van der Waals surface area contributed by atoms with Crippen molar-refractivity contribution in [2.75, 3.05) is 51.2 Å². The Balaban J connectivity index is 1.39. The monoisotopic (exact) mass is 339 g/mol. The first kappa shape index (κ1) is 17.8. The van der Waals surface area contributed by atoms with Crippen LogP contribution in [0.25, 0.3) is 0 Å². The number of para-hydroxylation sites is 1. The molecule has 0 spiro atoms. The lowest BCUT2D eigenvalue weighted by molar-refractivity contribution is 0.188. The van der Waals surface area contributed by atoms with Crippen molar-refractivity contribution >= 4 is 5.69 Å². The summed E-state index contributed by atoms with van der Waals surface area (Å²) in [6, 6.07) is 11.2. The molecule has 1 unspecified atom stereocenters. The van der Waals surface area contributed by atoms with Gasteiger partial charge in [0, 0.05) is 76.0 Å². The Morgan fingerprint density at radius 3 is 2.52 bits per heavy atom. The molecule has 1 aliphatic heterocycles. The quantitative estimate of drug-likeness (QED) is 0.772. The predicted molar refractivity (Wildman–Crippen MR) is 103 cm³/mol. The molecule has 3 rings (SSSR count). The van der Waals surface area contributed by atoms with Gasteiger partial charge in [-0.15, -0.1) is 0 Å². The summed E-state index contributed by atoms with van der Waals surface area (Å²) in [6.07, 6.45) is 6.32. The van der Waals surface area contributed by atoms with E-state index in [4.69, 9.17) is 0 Å². The van der Waals surface area contributed by atoms with Gasteiger partial charge in [-0.05, 0) is 26.1 Å². The molecule has 25 heavy (non-hydrogen) atoms. The van der Waals surface area contributed by atoms with Crippen molar-refractivity contribution in [1.29, 1.82) is 0 Å². The van der Waals surface area contributed by atoms with Crippen LogP contribution in [0.1, 0.15) is 12.6 Å². The van der Waals surface area contributed by atoms with E-state index in [0.717, 1.165) is 51.4 Å². The standard InChI is InChI=1S/C20H29N5/c1-18(16-19-17-21-8-9-22-19)23(2)10-11-24-12-14-25(15-13-24)20-6-4-3-5-7-20/h3-9,17-18H,10-16H2,1-2H3. The number of piperazine rings is 1. The summed E-state index contributed by atoms with van der Waals surface area (Å²) in [5.74, 6) is 0. The van der Waals surface area contributed by atoms with Crippen LogP contribution in [-0.4, -0.2) is 72.1 Å². The Bertz CT molecular complexity index is 610. The third kappa shape index (κ3) is 5.25. The smallest absolute Gasteiger partial charge is 0.0602 e. The second kappa shape index (κ2) is 8.92. The van der Waals surface area contributed by atoms with Crippen LogP contribution in [-0.2, 0) is 6.42 Å². The molecule has 0 aliphatic carbocycles. The lowest BCUT2D eigenvalue weighted by Crippen LogP contribution is -2.49. The fraction of sp³-hybridized carbons (Fsp3) is 0.500. The van der Waals surface area contributed by atoms with E-state index in [0.29, 0.717) is 6.04 Å². The maximum atomic E-state index is 4.38. The van der Waals surface area contributed by atoms with Gasteiger partial charge in [0.05, 0.1) is 5.69 Å². The molecular weight excluding hydrogens is 310 g/mol. The summed E-state index contributed by atoms with van der Waals surface area (Å²) in [6.45, 7) is 8.99. The molecule has 134 valence electrons. The molecule has 5 nitrogen and oxygen atoms in total. The summed E-state index contributed by atoms with van der Waals surface area (Å²) < 4.78 is 0. The zero-order valence-corrected chi connectivity index (χ0v) is 15.4. The average molecular weight is 339 g/mol. The van der Waals surface area contributed by atoms with E-state index < -0.39 is 0 Å². The lowest BCUT2D eigenvalue weighted by Gasteiger charge is -2.37. The molecule has 0 N–H and O–H groups in total. The minimum absolute atomic E-state index is 0.474. The van der Waals surface area contributed by atoms with E-state index in [1.54, 1.807) is 12.4 Å². The zero-order valence-electron chi connectivity index (χ0n) is 15.4. The van der Waals surface area contributed by atoms with Crippen molar-refractivity contribution in [2.45, 2.75) is 19.4 Å². The summed E-state index contributed by atoms with van der Waals surface area (Å²) in [7, 11) is 2.21. The number of benzene rings is 1. The average Bonchev–Trinajstić information content (AvgIpc) is 2.68. The number of hydrogen-bond donors (Lipinski definition) is 0. The third-order valence-corrected chi connectivity index (χ3v) is 5.14. The highest BCUT2D eigenvalue weighted by atomic mass is 15.3. The van der Waals surface area contributed by atoms with Gasteiger partial charge in [-0.2, -0.15) is 0 Å². The minimum atomic E-state index is 0.474. The van der Waals surface area contributed by atoms with Crippen LogP contribution in [0, 0.1) is 0 Å². The molecule has 0 radical (unpaired) electrons. The van der Waals surface area contributed by atoms with Crippen molar-refractivity contribution in [3.8, 4) is 0 Å². The first-order valence-electron chi connectivity index (χ1n) is 9.20. The number of aromatic nitrogens is 2. The van der Waals surface area contributed by atoms with Gasteiger partial charge >= 0.3 is 0 Å². The predicted octanol–water partition coefficient (Wildman–Crippen LogP) is 2.16. The molecule has 1 fully saturated rings. The highest BCUT2D eigenvalue weighted by molar-refractivity contribution is 5.46. The van der Waals surface area contributed by atoms with Crippen molar-refractivity contribution in [3.63, 3.8) is 0 Å². The van der Waals surface area contributed by atoms with E-state index in [1.165, 1.54) is 5.69 Å². The number of nitrogens with zero attached hydrogens (tertiary/aromatic N) is 5. The van der Waals surface area contributed by atoms with Crippen molar-refractivity contribution in [1.82, 2.24) is 19.8 Å². The van der Waals surface area contributed by atoms with E-state index in [1.807, 2.05) is 6.20 Å². The summed E-state index contributed by atoms with van der Waals surface area (Å²) in [5.41, 5.74) is 2.41. The molecule has 2 aromatic rings. The fourth-order valence-electron chi connectivity index (χ4n) is 3.28. The highest BCUT2D eigenvalue weighted by Crippen LogP contribution is 2.15. The Hall–Kier alpha value is -1.98. The molecule has 0 amide bonds. The van der Waals surface area contributed by atoms with Gasteiger partial charge in [0.2, 0.25) is 0 Å². The van der Waals surface area contributed by atoms with Crippen molar-refractivity contribution < 1.29 is 0 Å². The largest absolute Gasteiger partial charge is 0.369 e. The maximum absolute atomic E-state index is 4.38. The van der Waals surface area contributed by atoms with Gasteiger partial charge in [-0.1, -0.05) is 18.2 Å². The van der Waals surface area contributed by atoms with Crippen LogP contribution in [0.15, 0.2) is 48.9 Å². The molecule has 1 aromatic heterocycles. The molecule has 1 saturated heterocycles.